The summed E-state index contributed by atoms with van der Waals surface area (Å²) in [5.74, 6) is 0.867. The SMILES string of the molecule is COc1ccccc1C(=O)NCC1CC(O)C1. The normalized spacial score (nSPS) is 22.7. The number of aliphatic hydroxyl groups is 1. The highest BCUT2D eigenvalue weighted by Crippen LogP contribution is 2.26. The maximum atomic E-state index is 11.9. The Morgan fingerprint density at radius 3 is 2.82 bits per heavy atom. The minimum atomic E-state index is -0.178. The molecule has 17 heavy (non-hydrogen) atoms. The summed E-state index contributed by atoms with van der Waals surface area (Å²) in [5.41, 5.74) is 0.551. The summed E-state index contributed by atoms with van der Waals surface area (Å²) in [6.07, 6.45) is 1.39. The summed E-state index contributed by atoms with van der Waals surface area (Å²) in [7, 11) is 1.55. The van der Waals surface area contributed by atoms with Gasteiger partial charge in [0, 0.05) is 6.54 Å². The smallest absolute Gasteiger partial charge is 0.255 e. The molecule has 0 saturated heterocycles. The first-order chi connectivity index (χ1) is 8.20. The van der Waals surface area contributed by atoms with Crippen LogP contribution in [0.25, 0.3) is 0 Å². The van der Waals surface area contributed by atoms with E-state index in [1.54, 1.807) is 19.2 Å². The second-order valence-electron chi connectivity index (χ2n) is 4.40. The Bertz CT molecular complexity index is 399. The van der Waals surface area contributed by atoms with Crippen LogP contribution in [-0.2, 0) is 0 Å². The van der Waals surface area contributed by atoms with Crippen LogP contribution in [0.2, 0.25) is 0 Å². The van der Waals surface area contributed by atoms with E-state index in [2.05, 4.69) is 5.32 Å². The van der Waals surface area contributed by atoms with E-state index >= 15 is 0 Å². The fraction of sp³-hybridized carbons (Fsp3) is 0.462. The van der Waals surface area contributed by atoms with Crippen molar-refractivity contribution in [3.8, 4) is 5.75 Å². The van der Waals surface area contributed by atoms with Gasteiger partial charge in [-0.2, -0.15) is 0 Å². The van der Waals surface area contributed by atoms with Crippen LogP contribution in [-0.4, -0.2) is 30.8 Å². The van der Waals surface area contributed by atoms with Crippen molar-refractivity contribution in [3.63, 3.8) is 0 Å². The molecule has 0 spiro atoms. The van der Waals surface area contributed by atoms with Gasteiger partial charge in [-0.1, -0.05) is 12.1 Å². The maximum absolute atomic E-state index is 11.9. The molecule has 1 aromatic rings. The van der Waals surface area contributed by atoms with Crippen molar-refractivity contribution in [1.82, 2.24) is 5.32 Å². The molecule has 1 saturated carbocycles. The molecular formula is C13H17NO3. The van der Waals surface area contributed by atoms with Gasteiger partial charge in [0.1, 0.15) is 5.75 Å². The molecule has 4 heteroatoms. The number of hydrogen-bond donors (Lipinski definition) is 2. The number of aliphatic hydroxyl groups excluding tert-OH is 1. The zero-order chi connectivity index (χ0) is 12.3. The summed E-state index contributed by atoms with van der Waals surface area (Å²) in [6.45, 7) is 0.619. The Balaban J connectivity index is 1.90. The van der Waals surface area contributed by atoms with Gasteiger partial charge in [0.15, 0.2) is 0 Å². The van der Waals surface area contributed by atoms with Gasteiger partial charge in [-0.25, -0.2) is 0 Å². The van der Waals surface area contributed by atoms with Crippen LogP contribution in [0.1, 0.15) is 23.2 Å². The van der Waals surface area contributed by atoms with Crippen molar-refractivity contribution in [2.45, 2.75) is 18.9 Å². The minimum Gasteiger partial charge on any atom is -0.496 e. The van der Waals surface area contributed by atoms with Gasteiger partial charge in [-0.3, -0.25) is 4.79 Å². The summed E-state index contributed by atoms with van der Waals surface area (Å²) >= 11 is 0. The van der Waals surface area contributed by atoms with Crippen LogP contribution in [0.4, 0.5) is 0 Å². The van der Waals surface area contributed by atoms with Crippen LogP contribution < -0.4 is 10.1 Å². The largest absolute Gasteiger partial charge is 0.496 e. The monoisotopic (exact) mass is 235 g/mol. The molecule has 92 valence electrons. The lowest BCUT2D eigenvalue weighted by Crippen LogP contribution is -2.38. The second-order valence-corrected chi connectivity index (χ2v) is 4.40. The lowest BCUT2D eigenvalue weighted by atomic mass is 9.82. The molecule has 1 aliphatic carbocycles. The lowest BCUT2D eigenvalue weighted by Gasteiger charge is -2.31. The number of para-hydroxylation sites is 1. The van der Waals surface area contributed by atoms with Gasteiger partial charge >= 0.3 is 0 Å². The van der Waals surface area contributed by atoms with Gasteiger partial charge in [0.25, 0.3) is 5.91 Å². The van der Waals surface area contributed by atoms with Crippen molar-refractivity contribution < 1.29 is 14.6 Å². The van der Waals surface area contributed by atoms with E-state index < -0.39 is 0 Å². The molecule has 1 aliphatic rings. The third-order valence-electron chi connectivity index (χ3n) is 3.11. The first-order valence-electron chi connectivity index (χ1n) is 5.80. The van der Waals surface area contributed by atoms with Crippen LogP contribution in [0.15, 0.2) is 24.3 Å². The van der Waals surface area contributed by atoms with Crippen molar-refractivity contribution in [3.05, 3.63) is 29.8 Å². The average Bonchev–Trinajstić information content (AvgIpc) is 2.32. The summed E-state index contributed by atoms with van der Waals surface area (Å²) in [5, 5.41) is 12.0. The molecule has 0 heterocycles. The minimum absolute atomic E-state index is 0.121. The zero-order valence-electron chi connectivity index (χ0n) is 9.85. The predicted molar refractivity (Wildman–Crippen MR) is 64.1 cm³/mol. The molecule has 2 rings (SSSR count). The third-order valence-corrected chi connectivity index (χ3v) is 3.11. The first-order valence-corrected chi connectivity index (χ1v) is 5.80. The fourth-order valence-electron chi connectivity index (χ4n) is 2.03. The Morgan fingerprint density at radius 2 is 2.18 bits per heavy atom. The molecule has 0 radical (unpaired) electrons. The lowest BCUT2D eigenvalue weighted by molar-refractivity contribution is 0.0420. The van der Waals surface area contributed by atoms with Gasteiger partial charge in [-0.15, -0.1) is 0 Å². The van der Waals surface area contributed by atoms with Gasteiger partial charge in [-0.05, 0) is 30.9 Å². The number of hydrogen-bond acceptors (Lipinski definition) is 3. The highest BCUT2D eigenvalue weighted by Gasteiger charge is 2.27. The van der Waals surface area contributed by atoms with Gasteiger partial charge < -0.3 is 15.2 Å². The van der Waals surface area contributed by atoms with Gasteiger partial charge in [0.05, 0.1) is 18.8 Å². The molecule has 1 aromatic carbocycles. The van der Waals surface area contributed by atoms with Crippen LogP contribution in [0.5, 0.6) is 5.75 Å². The number of rotatable bonds is 4. The van der Waals surface area contributed by atoms with E-state index in [1.807, 2.05) is 12.1 Å². The molecular weight excluding hydrogens is 218 g/mol. The van der Waals surface area contributed by atoms with Crippen molar-refractivity contribution in [1.29, 1.82) is 0 Å². The van der Waals surface area contributed by atoms with E-state index in [-0.39, 0.29) is 12.0 Å². The number of carbonyl (C=O) groups excluding carboxylic acids is 1. The standard InChI is InChI=1S/C13H17NO3/c1-17-12-5-3-2-4-11(12)13(16)14-8-9-6-10(15)7-9/h2-5,9-10,15H,6-8H2,1H3,(H,14,16). The molecule has 2 N–H and O–H groups in total. The molecule has 4 nitrogen and oxygen atoms in total. The van der Waals surface area contributed by atoms with Crippen molar-refractivity contribution >= 4 is 5.91 Å². The highest BCUT2D eigenvalue weighted by atomic mass is 16.5. The second kappa shape index (κ2) is 5.19. The Kier molecular flexibility index (Phi) is 3.64. The molecule has 0 aromatic heterocycles. The molecule has 0 aliphatic heterocycles. The van der Waals surface area contributed by atoms with Crippen LogP contribution >= 0.6 is 0 Å². The maximum Gasteiger partial charge on any atom is 0.255 e. The Morgan fingerprint density at radius 1 is 1.47 bits per heavy atom. The number of ether oxygens (including phenoxy) is 1. The van der Waals surface area contributed by atoms with Crippen molar-refractivity contribution in [2.24, 2.45) is 5.92 Å². The molecule has 0 bridgehead atoms. The van der Waals surface area contributed by atoms with Gasteiger partial charge in [0.2, 0.25) is 0 Å². The van der Waals surface area contributed by atoms with Crippen LogP contribution in [0.3, 0.4) is 0 Å². The van der Waals surface area contributed by atoms with E-state index in [0.29, 0.717) is 23.8 Å². The number of benzene rings is 1. The Hall–Kier alpha value is -1.55. The van der Waals surface area contributed by atoms with E-state index in [1.165, 1.54) is 0 Å². The highest BCUT2D eigenvalue weighted by molar-refractivity contribution is 5.96. The van der Waals surface area contributed by atoms with E-state index in [9.17, 15) is 4.79 Å². The van der Waals surface area contributed by atoms with Crippen LogP contribution in [0, 0.1) is 5.92 Å². The summed E-state index contributed by atoms with van der Waals surface area (Å²) < 4.78 is 5.13. The molecule has 1 amide bonds. The summed E-state index contributed by atoms with van der Waals surface area (Å²) in [4.78, 5) is 11.9. The molecule has 1 fully saturated rings. The quantitative estimate of drug-likeness (QED) is 0.824. The third kappa shape index (κ3) is 2.77. The molecule has 0 atom stereocenters. The topological polar surface area (TPSA) is 58.6 Å². The van der Waals surface area contributed by atoms with E-state index in [0.717, 1.165) is 12.8 Å². The number of amides is 1. The number of methoxy groups -OCH3 is 1. The predicted octanol–water partition coefficient (Wildman–Crippen LogP) is 1.20. The average molecular weight is 235 g/mol. The summed E-state index contributed by atoms with van der Waals surface area (Å²) in [6, 6.07) is 7.15. The number of nitrogens with one attached hydrogen (secondary N) is 1. The fourth-order valence-corrected chi connectivity index (χ4v) is 2.03. The van der Waals surface area contributed by atoms with Crippen molar-refractivity contribution in [2.75, 3.05) is 13.7 Å². The van der Waals surface area contributed by atoms with E-state index in [4.69, 9.17) is 9.84 Å². The molecule has 0 unspecified atom stereocenters. The Labute approximate surface area is 101 Å². The first kappa shape index (κ1) is 11.9. The zero-order valence-corrected chi connectivity index (χ0v) is 9.85. The number of carbonyl (C=O) groups is 1.